The number of amides is 2. The minimum atomic E-state index is -0.283. The van der Waals surface area contributed by atoms with Crippen LogP contribution in [0.15, 0.2) is 54.6 Å². The maximum absolute atomic E-state index is 12.3. The summed E-state index contributed by atoms with van der Waals surface area (Å²) in [5.41, 5.74) is 2.71. The SMILES string of the molecule is Cn1c(C(=O)NCCC(=O)NCc2ccccc2)nc2ccccc21. The van der Waals surface area contributed by atoms with Gasteiger partial charge in [-0.05, 0) is 17.7 Å². The Morgan fingerprint density at radius 2 is 1.72 bits per heavy atom. The smallest absolute Gasteiger partial charge is 0.287 e. The molecule has 128 valence electrons. The molecule has 2 amide bonds. The lowest BCUT2D eigenvalue weighted by Gasteiger charge is -2.07. The van der Waals surface area contributed by atoms with Gasteiger partial charge in [0.05, 0.1) is 11.0 Å². The number of nitrogens with one attached hydrogen (secondary N) is 2. The van der Waals surface area contributed by atoms with Crippen molar-refractivity contribution in [3.63, 3.8) is 0 Å². The van der Waals surface area contributed by atoms with Crippen molar-refractivity contribution in [2.75, 3.05) is 6.54 Å². The highest BCUT2D eigenvalue weighted by Crippen LogP contribution is 2.13. The first-order chi connectivity index (χ1) is 12.1. The molecule has 0 unspecified atom stereocenters. The maximum Gasteiger partial charge on any atom is 0.287 e. The van der Waals surface area contributed by atoms with Crippen LogP contribution in [0.4, 0.5) is 0 Å². The Morgan fingerprint density at radius 1 is 1.00 bits per heavy atom. The van der Waals surface area contributed by atoms with Gasteiger partial charge in [0.2, 0.25) is 5.91 Å². The molecule has 0 aliphatic rings. The van der Waals surface area contributed by atoms with E-state index in [9.17, 15) is 9.59 Å². The molecule has 0 fully saturated rings. The van der Waals surface area contributed by atoms with E-state index in [0.29, 0.717) is 12.4 Å². The quantitative estimate of drug-likeness (QED) is 0.723. The van der Waals surface area contributed by atoms with Crippen LogP contribution < -0.4 is 10.6 Å². The molecule has 0 aliphatic carbocycles. The lowest BCUT2D eigenvalue weighted by molar-refractivity contribution is -0.121. The largest absolute Gasteiger partial charge is 0.352 e. The number of benzene rings is 2. The molecule has 0 saturated heterocycles. The fourth-order valence-electron chi connectivity index (χ4n) is 2.60. The molecular weight excluding hydrogens is 316 g/mol. The van der Waals surface area contributed by atoms with Crippen molar-refractivity contribution in [1.29, 1.82) is 0 Å². The van der Waals surface area contributed by atoms with E-state index in [1.807, 2.05) is 54.6 Å². The van der Waals surface area contributed by atoms with Gasteiger partial charge in [-0.2, -0.15) is 0 Å². The summed E-state index contributed by atoms with van der Waals surface area (Å²) < 4.78 is 1.75. The van der Waals surface area contributed by atoms with E-state index in [4.69, 9.17) is 0 Å². The minimum Gasteiger partial charge on any atom is -0.352 e. The molecular formula is C19H20N4O2. The molecule has 25 heavy (non-hydrogen) atoms. The van der Waals surface area contributed by atoms with Crippen molar-refractivity contribution in [2.24, 2.45) is 7.05 Å². The molecule has 0 aliphatic heterocycles. The van der Waals surface area contributed by atoms with Gasteiger partial charge >= 0.3 is 0 Å². The third-order valence-corrected chi connectivity index (χ3v) is 3.96. The van der Waals surface area contributed by atoms with E-state index in [1.54, 1.807) is 11.6 Å². The van der Waals surface area contributed by atoms with Crippen molar-refractivity contribution in [3.05, 3.63) is 66.0 Å². The van der Waals surface area contributed by atoms with Crippen LogP contribution in [0.25, 0.3) is 11.0 Å². The zero-order chi connectivity index (χ0) is 17.6. The van der Waals surface area contributed by atoms with Crippen LogP contribution in [-0.4, -0.2) is 27.9 Å². The van der Waals surface area contributed by atoms with Gasteiger partial charge in [0, 0.05) is 26.6 Å². The Bertz CT molecular complexity index is 887. The lowest BCUT2D eigenvalue weighted by Crippen LogP contribution is -2.31. The van der Waals surface area contributed by atoms with Crippen molar-refractivity contribution in [3.8, 4) is 0 Å². The number of para-hydroxylation sites is 2. The zero-order valence-electron chi connectivity index (χ0n) is 14.0. The van der Waals surface area contributed by atoms with Gasteiger partial charge in [0.1, 0.15) is 0 Å². The fourth-order valence-corrected chi connectivity index (χ4v) is 2.60. The van der Waals surface area contributed by atoms with Gasteiger partial charge in [-0.25, -0.2) is 4.98 Å². The standard InChI is InChI=1S/C19H20N4O2/c1-23-16-10-6-5-9-15(16)22-18(23)19(25)20-12-11-17(24)21-13-14-7-3-2-4-8-14/h2-10H,11-13H2,1H3,(H,20,25)(H,21,24). The maximum atomic E-state index is 12.3. The molecule has 1 aromatic heterocycles. The average molecular weight is 336 g/mol. The molecule has 0 bridgehead atoms. The molecule has 3 aromatic rings. The van der Waals surface area contributed by atoms with Crippen molar-refractivity contribution in [1.82, 2.24) is 20.2 Å². The first-order valence-corrected chi connectivity index (χ1v) is 8.15. The summed E-state index contributed by atoms with van der Waals surface area (Å²) in [6, 6.07) is 17.3. The van der Waals surface area contributed by atoms with E-state index in [-0.39, 0.29) is 24.8 Å². The van der Waals surface area contributed by atoms with E-state index < -0.39 is 0 Å². The molecule has 6 heteroatoms. The third-order valence-electron chi connectivity index (χ3n) is 3.96. The zero-order valence-corrected chi connectivity index (χ0v) is 14.0. The summed E-state index contributed by atoms with van der Waals surface area (Å²) in [5.74, 6) is -0.0467. The molecule has 3 rings (SSSR count). The molecule has 1 heterocycles. The minimum absolute atomic E-state index is 0.103. The molecule has 2 aromatic carbocycles. The van der Waals surface area contributed by atoms with Gasteiger partial charge < -0.3 is 15.2 Å². The van der Waals surface area contributed by atoms with Crippen molar-refractivity contribution >= 4 is 22.8 Å². The van der Waals surface area contributed by atoms with Crippen LogP contribution in [0.3, 0.4) is 0 Å². The molecule has 0 radical (unpaired) electrons. The third kappa shape index (κ3) is 4.03. The number of hydrogen-bond donors (Lipinski definition) is 2. The lowest BCUT2D eigenvalue weighted by atomic mass is 10.2. The number of fused-ring (bicyclic) bond motifs is 1. The topological polar surface area (TPSA) is 76.0 Å². The highest BCUT2D eigenvalue weighted by molar-refractivity contribution is 5.95. The Hall–Kier alpha value is -3.15. The summed E-state index contributed by atoms with van der Waals surface area (Å²) in [6.45, 7) is 0.751. The van der Waals surface area contributed by atoms with Crippen LogP contribution in [0.5, 0.6) is 0 Å². The summed E-state index contributed by atoms with van der Waals surface area (Å²) in [5, 5.41) is 5.58. The molecule has 6 nitrogen and oxygen atoms in total. The van der Waals surface area contributed by atoms with Crippen LogP contribution >= 0.6 is 0 Å². The van der Waals surface area contributed by atoms with Gasteiger partial charge in [0.25, 0.3) is 5.91 Å². The van der Waals surface area contributed by atoms with E-state index in [1.165, 1.54) is 0 Å². The van der Waals surface area contributed by atoms with Gasteiger partial charge in [-0.3, -0.25) is 9.59 Å². The van der Waals surface area contributed by atoms with E-state index in [2.05, 4.69) is 15.6 Å². The average Bonchev–Trinajstić information content (AvgIpc) is 2.98. The first-order valence-electron chi connectivity index (χ1n) is 8.15. The number of imidazole rings is 1. The highest BCUT2D eigenvalue weighted by atomic mass is 16.2. The van der Waals surface area contributed by atoms with Gasteiger partial charge in [-0.15, -0.1) is 0 Å². The first kappa shape index (κ1) is 16.7. The summed E-state index contributed by atoms with van der Waals surface area (Å²) in [4.78, 5) is 28.5. The van der Waals surface area contributed by atoms with Crippen LogP contribution in [0.2, 0.25) is 0 Å². The Morgan fingerprint density at radius 3 is 2.48 bits per heavy atom. The van der Waals surface area contributed by atoms with Gasteiger partial charge in [-0.1, -0.05) is 42.5 Å². The number of carbonyl (C=O) groups excluding carboxylic acids is 2. The second-order valence-electron chi connectivity index (χ2n) is 5.75. The Kier molecular flexibility index (Phi) is 5.09. The number of carbonyl (C=O) groups is 2. The predicted molar refractivity (Wildman–Crippen MR) is 96.0 cm³/mol. The summed E-state index contributed by atoms with van der Waals surface area (Å²) >= 11 is 0. The number of hydrogen-bond acceptors (Lipinski definition) is 3. The van der Waals surface area contributed by atoms with Crippen molar-refractivity contribution in [2.45, 2.75) is 13.0 Å². The van der Waals surface area contributed by atoms with E-state index in [0.717, 1.165) is 16.6 Å². The van der Waals surface area contributed by atoms with Crippen LogP contribution in [-0.2, 0) is 18.4 Å². The summed E-state index contributed by atoms with van der Waals surface area (Å²) in [7, 11) is 1.80. The van der Waals surface area contributed by atoms with Gasteiger partial charge in [0.15, 0.2) is 5.82 Å². The second kappa shape index (κ2) is 7.61. The van der Waals surface area contributed by atoms with Crippen LogP contribution in [0.1, 0.15) is 22.6 Å². The number of nitrogens with zero attached hydrogens (tertiary/aromatic N) is 2. The molecule has 0 atom stereocenters. The molecule has 2 N–H and O–H groups in total. The normalized spacial score (nSPS) is 10.6. The van der Waals surface area contributed by atoms with Crippen molar-refractivity contribution < 1.29 is 9.59 Å². The van der Waals surface area contributed by atoms with E-state index >= 15 is 0 Å². The molecule has 0 saturated carbocycles. The second-order valence-corrected chi connectivity index (χ2v) is 5.75. The Balaban J connectivity index is 1.48. The highest BCUT2D eigenvalue weighted by Gasteiger charge is 2.14. The fraction of sp³-hybridized carbons (Fsp3) is 0.211. The predicted octanol–water partition coefficient (Wildman–Crippen LogP) is 2.01. The summed E-state index contributed by atoms with van der Waals surface area (Å²) in [6.07, 6.45) is 0.225. The number of aromatic nitrogens is 2. The monoisotopic (exact) mass is 336 g/mol. The number of rotatable bonds is 6. The van der Waals surface area contributed by atoms with Crippen LogP contribution in [0, 0.1) is 0 Å². The number of aryl methyl sites for hydroxylation is 1. The molecule has 0 spiro atoms. The Labute approximate surface area is 145 Å².